The second-order valence-corrected chi connectivity index (χ2v) is 12.3. The molecule has 3 heteroatoms. The van der Waals surface area contributed by atoms with Crippen molar-refractivity contribution in [3.63, 3.8) is 0 Å². The first-order valence-electron chi connectivity index (χ1n) is 11.0. The summed E-state index contributed by atoms with van der Waals surface area (Å²) in [6, 6.07) is 19.0. The molecule has 0 saturated heterocycles. The minimum absolute atomic E-state index is 0.0257. The van der Waals surface area contributed by atoms with Crippen molar-refractivity contribution in [1.82, 2.24) is 0 Å². The van der Waals surface area contributed by atoms with Crippen LogP contribution in [0.3, 0.4) is 0 Å². The lowest BCUT2D eigenvalue weighted by atomic mass is 9.77. The largest absolute Gasteiger partial charge is 0.289 e. The molecule has 0 unspecified atom stereocenters. The molecule has 0 radical (unpaired) electrons. The van der Waals surface area contributed by atoms with Crippen LogP contribution in [0.1, 0.15) is 52.7 Å². The van der Waals surface area contributed by atoms with Gasteiger partial charge in [0.05, 0.1) is 0 Å². The van der Waals surface area contributed by atoms with Gasteiger partial charge >= 0.3 is 0 Å². The van der Waals surface area contributed by atoms with Crippen molar-refractivity contribution in [2.75, 3.05) is 0 Å². The third kappa shape index (κ3) is 3.41. The van der Waals surface area contributed by atoms with Crippen LogP contribution < -0.4 is 5.43 Å². The zero-order valence-electron chi connectivity index (χ0n) is 19.4. The summed E-state index contributed by atoms with van der Waals surface area (Å²) < 4.78 is 1.98. The van der Waals surface area contributed by atoms with Crippen molar-refractivity contribution in [3.05, 3.63) is 81.0 Å². The van der Waals surface area contributed by atoms with Crippen molar-refractivity contribution in [3.8, 4) is 0 Å². The highest BCUT2D eigenvalue weighted by Crippen LogP contribution is 2.39. The smallest absolute Gasteiger partial charge is 0.195 e. The van der Waals surface area contributed by atoms with E-state index < -0.39 is 0 Å². The average Bonchev–Trinajstić information content (AvgIpc) is 2.69. The van der Waals surface area contributed by atoms with E-state index in [-0.39, 0.29) is 16.3 Å². The average molecular weight is 459 g/mol. The van der Waals surface area contributed by atoms with Crippen LogP contribution >= 0.6 is 22.9 Å². The summed E-state index contributed by atoms with van der Waals surface area (Å²) in [5.74, 6) is 0. The molecular formula is C29H27ClOS. The Labute approximate surface area is 197 Å². The summed E-state index contributed by atoms with van der Waals surface area (Å²) >= 11 is 7.83. The number of benzene rings is 4. The van der Waals surface area contributed by atoms with Crippen LogP contribution in [0.5, 0.6) is 0 Å². The van der Waals surface area contributed by atoms with Crippen LogP contribution in [-0.4, -0.2) is 0 Å². The Morgan fingerprint density at radius 2 is 1.12 bits per heavy atom. The van der Waals surface area contributed by atoms with Crippen LogP contribution in [0, 0.1) is 0 Å². The first-order valence-corrected chi connectivity index (χ1v) is 12.2. The fourth-order valence-corrected chi connectivity index (χ4v) is 5.98. The Bertz CT molecular complexity index is 1610. The number of hydrogen-bond acceptors (Lipinski definition) is 2. The maximum absolute atomic E-state index is 13.3. The van der Waals surface area contributed by atoms with E-state index in [0.717, 1.165) is 20.2 Å². The predicted octanol–water partition coefficient (Wildman–Crippen LogP) is 8.97. The third-order valence-electron chi connectivity index (χ3n) is 6.34. The molecule has 0 amide bonds. The van der Waals surface area contributed by atoms with E-state index >= 15 is 0 Å². The van der Waals surface area contributed by atoms with Crippen molar-refractivity contribution in [2.24, 2.45) is 0 Å². The van der Waals surface area contributed by atoms with Gasteiger partial charge in [0.2, 0.25) is 0 Å². The molecule has 5 aromatic rings. The Hall–Kier alpha value is -2.42. The summed E-state index contributed by atoms with van der Waals surface area (Å²) in [6.45, 7) is 13.6. The number of halogens is 1. The van der Waals surface area contributed by atoms with Crippen LogP contribution in [0.25, 0.3) is 41.7 Å². The van der Waals surface area contributed by atoms with E-state index in [0.29, 0.717) is 10.4 Å². The van der Waals surface area contributed by atoms with E-state index in [1.54, 1.807) is 17.4 Å². The summed E-state index contributed by atoms with van der Waals surface area (Å²) in [5.41, 5.74) is 2.80. The van der Waals surface area contributed by atoms with Gasteiger partial charge in [-0.1, -0.05) is 65.3 Å². The minimum Gasteiger partial charge on any atom is -0.289 e. The van der Waals surface area contributed by atoms with Gasteiger partial charge in [0, 0.05) is 25.2 Å². The van der Waals surface area contributed by atoms with E-state index in [9.17, 15) is 4.79 Å². The molecular weight excluding hydrogens is 432 g/mol. The molecule has 1 nitrogen and oxygen atoms in total. The Morgan fingerprint density at radius 3 is 1.69 bits per heavy atom. The number of fused-ring (bicyclic) bond motifs is 4. The summed E-state index contributed by atoms with van der Waals surface area (Å²) in [7, 11) is 0. The molecule has 0 aliphatic carbocycles. The van der Waals surface area contributed by atoms with E-state index in [1.807, 2.05) is 12.1 Å². The summed E-state index contributed by atoms with van der Waals surface area (Å²) in [5, 5.41) is 6.91. The van der Waals surface area contributed by atoms with E-state index in [4.69, 9.17) is 11.6 Å². The van der Waals surface area contributed by atoms with Gasteiger partial charge in [0.15, 0.2) is 5.43 Å². The fourth-order valence-electron chi connectivity index (χ4n) is 4.72. The lowest BCUT2D eigenvalue weighted by Gasteiger charge is -2.27. The minimum atomic E-state index is 0.0257. The molecule has 0 bridgehead atoms. The fraction of sp³-hybridized carbons (Fsp3) is 0.276. The zero-order valence-corrected chi connectivity index (χ0v) is 21.0. The van der Waals surface area contributed by atoms with Gasteiger partial charge in [-0.3, -0.25) is 4.79 Å². The number of hydrogen-bond donors (Lipinski definition) is 0. The molecule has 0 aliphatic heterocycles. The van der Waals surface area contributed by atoms with Gasteiger partial charge in [-0.25, -0.2) is 0 Å². The van der Waals surface area contributed by atoms with E-state index in [2.05, 4.69) is 77.9 Å². The molecule has 1 aromatic heterocycles. The normalized spacial score (nSPS) is 13.0. The van der Waals surface area contributed by atoms with Crippen LogP contribution in [-0.2, 0) is 10.8 Å². The molecule has 0 fully saturated rings. The molecule has 4 aromatic carbocycles. The van der Waals surface area contributed by atoms with Gasteiger partial charge in [-0.15, -0.1) is 11.3 Å². The van der Waals surface area contributed by atoms with Crippen LogP contribution in [0.4, 0.5) is 0 Å². The van der Waals surface area contributed by atoms with Crippen LogP contribution in [0.15, 0.2) is 59.4 Å². The first-order chi connectivity index (χ1) is 14.9. The van der Waals surface area contributed by atoms with E-state index in [1.165, 1.54) is 27.3 Å². The maximum Gasteiger partial charge on any atom is 0.195 e. The van der Waals surface area contributed by atoms with Crippen molar-refractivity contribution in [1.29, 1.82) is 0 Å². The molecule has 0 N–H and O–H groups in total. The van der Waals surface area contributed by atoms with Crippen molar-refractivity contribution in [2.45, 2.75) is 52.4 Å². The molecule has 0 saturated carbocycles. The molecule has 5 rings (SSSR count). The van der Waals surface area contributed by atoms with Crippen molar-refractivity contribution >= 4 is 64.7 Å². The topological polar surface area (TPSA) is 17.1 Å². The first kappa shape index (κ1) is 21.4. The maximum atomic E-state index is 13.3. The molecule has 0 aliphatic rings. The highest BCUT2D eigenvalue weighted by Gasteiger charge is 2.23. The standard InChI is InChI=1S/C29H27ClOS/c1-28(2,3)23-8-9-24(29(4,5)6)20-12-17-14-26-21(13-16(17)11-19(20)23)27(31)22-15-18(30)7-10-25(22)32-26/h7-15H,1-6H3. The zero-order chi connectivity index (χ0) is 23.0. The Morgan fingerprint density at radius 1 is 0.625 bits per heavy atom. The molecule has 0 atom stereocenters. The van der Waals surface area contributed by atoms with Gasteiger partial charge in [0.25, 0.3) is 0 Å². The Kier molecular flexibility index (Phi) is 4.71. The van der Waals surface area contributed by atoms with Gasteiger partial charge in [-0.05, 0) is 86.0 Å². The summed E-state index contributed by atoms with van der Waals surface area (Å²) in [6.07, 6.45) is 0. The Balaban J connectivity index is 1.94. The lowest BCUT2D eigenvalue weighted by molar-refractivity contribution is 0.585. The second-order valence-electron chi connectivity index (χ2n) is 10.8. The molecule has 0 spiro atoms. The van der Waals surface area contributed by atoms with Gasteiger partial charge < -0.3 is 0 Å². The van der Waals surface area contributed by atoms with Crippen LogP contribution in [0.2, 0.25) is 5.02 Å². The highest BCUT2D eigenvalue weighted by atomic mass is 35.5. The van der Waals surface area contributed by atoms with Gasteiger partial charge in [0.1, 0.15) is 0 Å². The van der Waals surface area contributed by atoms with Gasteiger partial charge in [-0.2, -0.15) is 0 Å². The quantitative estimate of drug-likeness (QED) is 0.211. The lowest BCUT2D eigenvalue weighted by Crippen LogP contribution is -2.16. The highest BCUT2D eigenvalue weighted by molar-refractivity contribution is 7.24. The SMILES string of the molecule is CC(C)(C)c1ccc(C(C)(C)C)c2cc3cc4c(=O)c5cc(Cl)ccc5sc4cc3cc12. The predicted molar refractivity (Wildman–Crippen MR) is 143 cm³/mol. The van der Waals surface area contributed by atoms with Crippen molar-refractivity contribution < 1.29 is 0 Å². The monoisotopic (exact) mass is 458 g/mol. The molecule has 32 heavy (non-hydrogen) atoms. The number of rotatable bonds is 0. The molecule has 162 valence electrons. The summed E-state index contributed by atoms with van der Waals surface area (Å²) in [4.78, 5) is 13.3. The second kappa shape index (κ2) is 7.04. The third-order valence-corrected chi connectivity index (χ3v) is 7.71. The molecule has 1 heterocycles.